The van der Waals surface area contributed by atoms with Gasteiger partial charge in [-0.2, -0.15) is 0 Å². The van der Waals surface area contributed by atoms with Crippen molar-refractivity contribution in [3.63, 3.8) is 0 Å². The normalized spacial score (nSPS) is 14.2. The number of aromatic nitrogens is 1. The van der Waals surface area contributed by atoms with Crippen LogP contribution < -0.4 is 10.2 Å². The number of benzene rings is 2. The van der Waals surface area contributed by atoms with Crippen LogP contribution in [0.4, 0.5) is 16.2 Å². The third-order valence-corrected chi connectivity index (χ3v) is 6.76. The summed E-state index contributed by atoms with van der Waals surface area (Å²) >= 11 is 3.44. The van der Waals surface area contributed by atoms with Crippen molar-refractivity contribution in [2.45, 2.75) is 25.8 Å². The summed E-state index contributed by atoms with van der Waals surface area (Å²) < 4.78 is 8.75. The monoisotopic (exact) mass is 546 g/mol. The number of urea groups is 1. The van der Waals surface area contributed by atoms with Gasteiger partial charge in [0.05, 0.1) is 23.3 Å². The molecular weight excluding hydrogens is 520 g/mol. The molecule has 0 saturated heterocycles. The maximum atomic E-state index is 14.0. The Balaban J connectivity index is 1.48. The van der Waals surface area contributed by atoms with Crippen LogP contribution in [0.25, 0.3) is 5.69 Å². The SMILES string of the molecule is CCCCN(CC(=O)N1c2ccccc2-n2cccc2C1c1ccco1)C(=O)Nc1cccc(Br)c1. The minimum atomic E-state index is -0.446. The summed E-state index contributed by atoms with van der Waals surface area (Å²) in [4.78, 5) is 30.6. The average Bonchev–Trinajstić information content (AvgIpc) is 3.58. The van der Waals surface area contributed by atoms with Crippen LogP contribution in [-0.4, -0.2) is 34.5 Å². The maximum Gasteiger partial charge on any atom is 0.322 e. The highest BCUT2D eigenvalue weighted by Gasteiger charge is 2.38. The smallest absolute Gasteiger partial charge is 0.322 e. The highest BCUT2D eigenvalue weighted by Crippen LogP contribution is 2.42. The van der Waals surface area contributed by atoms with Crippen molar-refractivity contribution in [2.75, 3.05) is 23.3 Å². The van der Waals surface area contributed by atoms with Crippen LogP contribution in [-0.2, 0) is 4.79 Å². The first-order valence-electron chi connectivity index (χ1n) is 12.0. The summed E-state index contributed by atoms with van der Waals surface area (Å²) in [6.07, 6.45) is 5.31. The first-order valence-corrected chi connectivity index (χ1v) is 12.8. The van der Waals surface area contributed by atoms with Gasteiger partial charge in [-0.25, -0.2) is 4.79 Å². The minimum Gasteiger partial charge on any atom is -0.467 e. The number of halogens is 1. The quantitative estimate of drug-likeness (QED) is 0.283. The van der Waals surface area contributed by atoms with E-state index >= 15 is 0 Å². The van der Waals surface area contributed by atoms with Gasteiger partial charge in [-0.05, 0) is 61.0 Å². The molecule has 0 spiro atoms. The standard InChI is InChI=1S/C28H27BrN4O3/c1-2-3-15-31(28(35)30-21-10-6-9-20(29)18-21)19-26(34)33-23-12-5-4-11-22(23)32-16-7-13-24(32)27(33)25-14-8-17-36-25/h4-14,16-18,27H,2-3,15,19H2,1H3,(H,30,35). The zero-order valence-electron chi connectivity index (χ0n) is 19.9. The molecule has 0 radical (unpaired) electrons. The number of anilines is 2. The lowest BCUT2D eigenvalue weighted by Gasteiger charge is -2.38. The second-order valence-electron chi connectivity index (χ2n) is 8.69. The number of nitrogens with one attached hydrogen (secondary N) is 1. The first-order chi connectivity index (χ1) is 17.6. The van der Waals surface area contributed by atoms with Crippen molar-refractivity contribution in [3.8, 4) is 5.69 Å². The maximum absolute atomic E-state index is 14.0. The van der Waals surface area contributed by atoms with Crippen LogP contribution in [0.5, 0.6) is 0 Å². The number of fused-ring (bicyclic) bond motifs is 3. The predicted molar refractivity (Wildman–Crippen MR) is 143 cm³/mol. The van der Waals surface area contributed by atoms with Crippen LogP contribution in [0.15, 0.2) is 94.1 Å². The molecule has 3 heterocycles. The molecule has 1 aliphatic rings. The van der Waals surface area contributed by atoms with Gasteiger partial charge in [-0.3, -0.25) is 9.69 Å². The number of rotatable bonds is 7. The Morgan fingerprint density at radius 1 is 1.03 bits per heavy atom. The van der Waals surface area contributed by atoms with E-state index in [0.29, 0.717) is 18.0 Å². The fraction of sp³-hybridized carbons (Fsp3) is 0.214. The Morgan fingerprint density at radius 2 is 1.86 bits per heavy atom. The molecule has 0 bridgehead atoms. The number of amides is 3. The molecule has 8 heteroatoms. The van der Waals surface area contributed by atoms with Crippen LogP contribution in [0.3, 0.4) is 0 Å². The zero-order valence-corrected chi connectivity index (χ0v) is 21.5. The molecule has 5 rings (SSSR count). The number of hydrogen-bond donors (Lipinski definition) is 1. The zero-order chi connectivity index (χ0) is 25.1. The van der Waals surface area contributed by atoms with Crippen LogP contribution >= 0.6 is 15.9 Å². The van der Waals surface area contributed by atoms with Gasteiger partial charge < -0.3 is 19.2 Å². The molecule has 0 saturated carbocycles. The Bertz CT molecular complexity index is 1360. The third kappa shape index (κ3) is 4.68. The van der Waals surface area contributed by atoms with E-state index < -0.39 is 6.04 Å². The average molecular weight is 547 g/mol. The summed E-state index contributed by atoms with van der Waals surface area (Å²) in [7, 11) is 0. The predicted octanol–water partition coefficient (Wildman–Crippen LogP) is 6.60. The van der Waals surface area contributed by atoms with Crippen LogP contribution in [0.1, 0.15) is 37.3 Å². The first kappa shape index (κ1) is 23.9. The van der Waals surface area contributed by atoms with E-state index in [0.717, 1.165) is 34.4 Å². The molecule has 0 aliphatic carbocycles. The van der Waals surface area contributed by atoms with Gasteiger partial charge in [0.2, 0.25) is 5.91 Å². The second-order valence-corrected chi connectivity index (χ2v) is 9.60. The largest absolute Gasteiger partial charge is 0.467 e. The second kappa shape index (κ2) is 10.5. The number of carbonyl (C=O) groups is 2. The van der Waals surface area contributed by atoms with E-state index in [1.54, 1.807) is 16.1 Å². The third-order valence-electron chi connectivity index (χ3n) is 6.27. The van der Waals surface area contributed by atoms with Gasteiger partial charge in [0.15, 0.2) is 0 Å². The van der Waals surface area contributed by atoms with Crippen LogP contribution in [0, 0.1) is 0 Å². The molecule has 1 N–H and O–H groups in total. The Kier molecular flexibility index (Phi) is 6.95. The lowest BCUT2D eigenvalue weighted by molar-refractivity contribution is -0.119. The van der Waals surface area contributed by atoms with Gasteiger partial charge in [-0.15, -0.1) is 0 Å². The van der Waals surface area contributed by atoms with Crippen LogP contribution in [0.2, 0.25) is 0 Å². The fourth-order valence-electron chi connectivity index (χ4n) is 4.59. The van der Waals surface area contributed by atoms with Gasteiger partial charge in [-0.1, -0.05) is 47.5 Å². The molecule has 2 aromatic carbocycles. The molecule has 1 aliphatic heterocycles. The molecule has 184 valence electrons. The number of furan rings is 1. The van der Waals surface area contributed by atoms with Crippen molar-refractivity contribution in [1.29, 1.82) is 0 Å². The topological polar surface area (TPSA) is 70.7 Å². The molecule has 1 atom stereocenters. The van der Waals surface area contributed by atoms with Crippen molar-refractivity contribution in [3.05, 3.63) is 101 Å². The van der Waals surface area contributed by atoms with E-state index in [9.17, 15) is 9.59 Å². The van der Waals surface area contributed by atoms with E-state index in [2.05, 4.69) is 32.7 Å². The van der Waals surface area contributed by atoms with E-state index in [1.165, 1.54) is 0 Å². The highest BCUT2D eigenvalue weighted by atomic mass is 79.9. The van der Waals surface area contributed by atoms with E-state index in [1.807, 2.05) is 79.0 Å². The van der Waals surface area contributed by atoms with Crippen molar-refractivity contribution in [2.24, 2.45) is 0 Å². The molecule has 4 aromatic rings. The highest BCUT2D eigenvalue weighted by molar-refractivity contribution is 9.10. The molecule has 1 unspecified atom stereocenters. The fourth-order valence-corrected chi connectivity index (χ4v) is 4.99. The van der Waals surface area contributed by atoms with E-state index in [4.69, 9.17) is 4.42 Å². The molecule has 3 amide bonds. The molecule has 2 aromatic heterocycles. The summed E-state index contributed by atoms with van der Waals surface area (Å²) in [6.45, 7) is 2.47. The number of carbonyl (C=O) groups excluding carboxylic acids is 2. The van der Waals surface area contributed by atoms with E-state index in [-0.39, 0.29) is 18.5 Å². The molecular formula is C28H27BrN4O3. The lowest BCUT2D eigenvalue weighted by atomic mass is 10.0. The number of hydrogen-bond acceptors (Lipinski definition) is 3. The number of unbranched alkanes of at least 4 members (excludes halogenated alkanes) is 1. The lowest BCUT2D eigenvalue weighted by Crippen LogP contribution is -2.47. The molecule has 36 heavy (non-hydrogen) atoms. The summed E-state index contributed by atoms with van der Waals surface area (Å²) in [5, 5.41) is 2.93. The number of nitrogens with zero attached hydrogens (tertiary/aromatic N) is 3. The Hall–Kier alpha value is -3.78. The van der Waals surface area contributed by atoms with Gasteiger partial charge >= 0.3 is 6.03 Å². The van der Waals surface area contributed by atoms with Crippen molar-refractivity contribution in [1.82, 2.24) is 9.47 Å². The van der Waals surface area contributed by atoms with Crippen molar-refractivity contribution < 1.29 is 14.0 Å². The van der Waals surface area contributed by atoms with Gasteiger partial charge in [0, 0.05) is 22.9 Å². The van der Waals surface area contributed by atoms with Gasteiger partial charge in [0.1, 0.15) is 18.3 Å². The Labute approximate surface area is 218 Å². The minimum absolute atomic E-state index is 0.0634. The summed E-state index contributed by atoms with van der Waals surface area (Å²) in [5.41, 5.74) is 3.27. The molecule has 0 fully saturated rings. The summed E-state index contributed by atoms with van der Waals surface area (Å²) in [5.74, 6) is 0.480. The number of para-hydroxylation sites is 2. The van der Waals surface area contributed by atoms with Crippen molar-refractivity contribution >= 4 is 39.2 Å². The van der Waals surface area contributed by atoms with Gasteiger partial charge in [0.25, 0.3) is 0 Å². The Morgan fingerprint density at radius 3 is 2.61 bits per heavy atom. The molecule has 7 nitrogen and oxygen atoms in total. The summed E-state index contributed by atoms with van der Waals surface area (Å²) in [6, 6.07) is 22.1.